The third-order valence-corrected chi connectivity index (χ3v) is 13.3. The fourth-order valence-electron chi connectivity index (χ4n) is 9.99. The maximum absolute atomic E-state index is 6.97. The quantitative estimate of drug-likeness (QED) is 0.176. The largest absolute Gasteiger partial charge is 0.456 e. The van der Waals surface area contributed by atoms with E-state index in [0.29, 0.717) is 0 Å². The van der Waals surface area contributed by atoms with Gasteiger partial charge in [-0.3, -0.25) is 0 Å². The van der Waals surface area contributed by atoms with Crippen molar-refractivity contribution in [1.82, 2.24) is 4.57 Å². The number of hydrogen-bond acceptors (Lipinski definition) is 3. The molecule has 1 aliphatic heterocycles. The van der Waals surface area contributed by atoms with Gasteiger partial charge in [0, 0.05) is 77.7 Å². The van der Waals surface area contributed by atoms with Crippen LogP contribution in [0.5, 0.6) is 0 Å². The predicted octanol–water partition coefficient (Wildman–Crippen LogP) is 14.5. The van der Waals surface area contributed by atoms with Gasteiger partial charge in [0.1, 0.15) is 22.7 Å². The van der Waals surface area contributed by atoms with Crippen molar-refractivity contribution < 1.29 is 8.83 Å². The van der Waals surface area contributed by atoms with E-state index in [0.717, 1.165) is 79.5 Å². The monoisotopic (exact) mass is 814 g/mol. The summed E-state index contributed by atoms with van der Waals surface area (Å²) in [7, 11) is 0.757. The Labute approximate surface area is 368 Å². The first-order valence-corrected chi connectivity index (χ1v) is 22.1. The topological polar surface area (TPSA) is 43.2 Å². The van der Waals surface area contributed by atoms with Crippen LogP contribution in [0.3, 0.4) is 0 Å². The minimum atomic E-state index is -0.0431. The van der Waals surface area contributed by atoms with Crippen molar-refractivity contribution >= 4 is 84.1 Å². The lowest BCUT2D eigenvalue weighted by Crippen LogP contribution is -2.37. The van der Waals surface area contributed by atoms with Gasteiger partial charge in [-0.2, -0.15) is 0 Å². The van der Waals surface area contributed by atoms with Crippen LogP contribution in [0.4, 0.5) is 11.4 Å². The number of hydrogen-bond donors (Lipinski definition) is 1. The number of nitrogens with zero attached hydrogens (tertiary/aromatic N) is 1. The summed E-state index contributed by atoms with van der Waals surface area (Å²) in [6.07, 6.45) is 0. The molecule has 5 heteroatoms. The molecule has 0 saturated heterocycles. The lowest BCUT2D eigenvalue weighted by atomic mass is 9.58. The van der Waals surface area contributed by atoms with Crippen molar-refractivity contribution in [2.24, 2.45) is 0 Å². The van der Waals surface area contributed by atoms with Crippen molar-refractivity contribution in [3.8, 4) is 39.5 Å². The highest BCUT2D eigenvalue weighted by Gasteiger charge is 2.30. The SMILES string of the molecule is CC(C)(C)c1ccc(Nc2ccc(C(C)(C)C)cc2-c2ccc3c4cc5c(cc4n4c3c2Bc2cc3c(-c6ccccc6)oc(-c6ccccc6)c3cc2-4)oc2ccccc25)cc1. The minimum absolute atomic E-state index is 0.0431. The van der Waals surface area contributed by atoms with Gasteiger partial charge in [-0.1, -0.05) is 162 Å². The second-order valence-electron chi connectivity index (χ2n) is 19.4. The molecule has 0 fully saturated rings. The second kappa shape index (κ2) is 13.6. The van der Waals surface area contributed by atoms with Gasteiger partial charge in [-0.25, -0.2) is 0 Å². The Morgan fingerprint density at radius 1 is 0.476 bits per heavy atom. The number of nitrogens with one attached hydrogen (secondary N) is 1. The van der Waals surface area contributed by atoms with Crippen LogP contribution in [0.1, 0.15) is 52.7 Å². The van der Waals surface area contributed by atoms with Gasteiger partial charge in [-0.05, 0) is 75.4 Å². The molecule has 0 aliphatic carbocycles. The first-order chi connectivity index (χ1) is 30.5. The molecule has 0 saturated carbocycles. The van der Waals surface area contributed by atoms with E-state index in [4.69, 9.17) is 8.83 Å². The first kappa shape index (κ1) is 37.5. The molecular weight excluding hydrogens is 767 g/mol. The Morgan fingerprint density at radius 3 is 1.83 bits per heavy atom. The fraction of sp³-hybridized carbons (Fsp3) is 0.138. The highest BCUT2D eigenvalue weighted by atomic mass is 16.3. The van der Waals surface area contributed by atoms with E-state index in [1.165, 1.54) is 55.2 Å². The van der Waals surface area contributed by atoms with Crippen molar-refractivity contribution in [2.75, 3.05) is 5.32 Å². The molecule has 11 aromatic rings. The molecule has 0 bridgehead atoms. The average molecular weight is 815 g/mol. The zero-order chi connectivity index (χ0) is 42.8. The molecule has 8 aromatic carbocycles. The van der Waals surface area contributed by atoms with E-state index < -0.39 is 0 Å². The maximum atomic E-state index is 6.97. The Balaban J connectivity index is 1.15. The van der Waals surface area contributed by atoms with E-state index in [-0.39, 0.29) is 10.8 Å². The third kappa shape index (κ3) is 5.97. The summed E-state index contributed by atoms with van der Waals surface area (Å²) in [5.74, 6) is 1.77. The molecule has 4 heterocycles. The van der Waals surface area contributed by atoms with Crippen LogP contribution < -0.4 is 16.2 Å². The number of anilines is 2. The minimum Gasteiger partial charge on any atom is -0.456 e. The molecule has 4 nitrogen and oxygen atoms in total. The smallest absolute Gasteiger partial charge is 0.198 e. The van der Waals surface area contributed by atoms with Crippen LogP contribution in [-0.2, 0) is 10.8 Å². The predicted molar refractivity (Wildman–Crippen MR) is 268 cm³/mol. The van der Waals surface area contributed by atoms with Gasteiger partial charge in [0.15, 0.2) is 7.28 Å². The van der Waals surface area contributed by atoms with Crippen LogP contribution in [-0.4, -0.2) is 11.8 Å². The van der Waals surface area contributed by atoms with Crippen LogP contribution in [0, 0.1) is 0 Å². The summed E-state index contributed by atoms with van der Waals surface area (Å²) in [5, 5.41) is 10.8. The number of fused-ring (bicyclic) bond motifs is 9. The number of benzene rings is 8. The molecule has 304 valence electrons. The molecule has 63 heavy (non-hydrogen) atoms. The lowest BCUT2D eigenvalue weighted by Gasteiger charge is -2.26. The summed E-state index contributed by atoms with van der Waals surface area (Å²) in [6, 6.07) is 59.5. The summed E-state index contributed by atoms with van der Waals surface area (Å²) < 4.78 is 16.1. The van der Waals surface area contributed by atoms with Gasteiger partial charge in [0.2, 0.25) is 0 Å². The van der Waals surface area contributed by atoms with Crippen LogP contribution in [0.25, 0.3) is 94.0 Å². The van der Waals surface area contributed by atoms with E-state index in [2.05, 4.69) is 209 Å². The zero-order valence-corrected chi connectivity index (χ0v) is 36.6. The van der Waals surface area contributed by atoms with E-state index in [1.807, 2.05) is 6.07 Å². The van der Waals surface area contributed by atoms with E-state index >= 15 is 0 Å². The lowest BCUT2D eigenvalue weighted by molar-refractivity contribution is 0.590. The molecule has 0 atom stereocenters. The van der Waals surface area contributed by atoms with Gasteiger partial charge in [-0.15, -0.1) is 0 Å². The van der Waals surface area contributed by atoms with Gasteiger partial charge >= 0.3 is 0 Å². The third-order valence-electron chi connectivity index (χ3n) is 13.3. The van der Waals surface area contributed by atoms with Crippen molar-refractivity contribution in [3.05, 3.63) is 175 Å². The number of rotatable bonds is 5. The summed E-state index contributed by atoms with van der Waals surface area (Å²) in [5.41, 5.74) is 17.2. The second-order valence-corrected chi connectivity index (χ2v) is 19.4. The van der Waals surface area contributed by atoms with Crippen molar-refractivity contribution in [3.63, 3.8) is 0 Å². The number of furan rings is 2. The normalized spacial score (nSPS) is 12.7. The zero-order valence-electron chi connectivity index (χ0n) is 36.6. The molecule has 0 amide bonds. The highest BCUT2D eigenvalue weighted by Crippen LogP contribution is 2.45. The molecular formula is C58H47BN2O2. The standard InChI is InChI=1S/C58H47BN2O2/c1-57(2,3)36-21-24-38(25-22-36)60-48-28-23-37(58(4,5)6)29-42(48)40-26-27-41-43-30-44-39-19-13-14-20-51(39)62-52(44)33-49(43)61-50-32-46-45(31-47(50)59-53(40)54(41)61)55(34-15-9-7-10-16-34)63-56(46)35-17-11-8-12-18-35/h7-33,59-60H,1-6H3. The fourth-order valence-corrected chi connectivity index (χ4v) is 9.99. The van der Waals surface area contributed by atoms with Gasteiger partial charge < -0.3 is 18.7 Å². The maximum Gasteiger partial charge on any atom is 0.198 e. The first-order valence-electron chi connectivity index (χ1n) is 22.1. The molecule has 1 aliphatic rings. The summed E-state index contributed by atoms with van der Waals surface area (Å²) >= 11 is 0. The average Bonchev–Trinajstić information content (AvgIpc) is 3.95. The Kier molecular flexibility index (Phi) is 8.12. The number of aromatic nitrogens is 1. The Morgan fingerprint density at radius 2 is 1.13 bits per heavy atom. The molecule has 3 aromatic heterocycles. The van der Waals surface area contributed by atoms with E-state index in [9.17, 15) is 0 Å². The summed E-state index contributed by atoms with van der Waals surface area (Å²) in [6.45, 7) is 13.7. The highest BCUT2D eigenvalue weighted by molar-refractivity contribution is 6.73. The van der Waals surface area contributed by atoms with Gasteiger partial charge in [0.05, 0.1) is 5.52 Å². The van der Waals surface area contributed by atoms with Crippen molar-refractivity contribution in [2.45, 2.75) is 52.4 Å². The van der Waals surface area contributed by atoms with Crippen LogP contribution in [0.2, 0.25) is 0 Å². The summed E-state index contributed by atoms with van der Waals surface area (Å²) in [4.78, 5) is 0. The Bertz CT molecular complexity index is 3610. The molecule has 1 N–H and O–H groups in total. The molecule has 0 radical (unpaired) electrons. The van der Waals surface area contributed by atoms with Gasteiger partial charge in [0.25, 0.3) is 0 Å². The van der Waals surface area contributed by atoms with E-state index in [1.54, 1.807) is 0 Å². The molecule has 0 unspecified atom stereocenters. The van der Waals surface area contributed by atoms with Crippen LogP contribution in [0.15, 0.2) is 173 Å². The molecule has 12 rings (SSSR count). The van der Waals surface area contributed by atoms with Crippen molar-refractivity contribution in [1.29, 1.82) is 0 Å². The Hall–Kier alpha value is -7.24. The number of para-hydroxylation sites is 1. The van der Waals surface area contributed by atoms with Crippen LogP contribution >= 0.6 is 0 Å². The molecule has 0 spiro atoms.